The van der Waals surface area contributed by atoms with Crippen LogP contribution in [0.15, 0.2) is 29.8 Å². The van der Waals surface area contributed by atoms with Gasteiger partial charge < -0.3 is 4.74 Å². The van der Waals surface area contributed by atoms with Crippen LogP contribution in [0.1, 0.15) is 49.8 Å². The number of nitrogens with zero attached hydrogens (tertiary/aromatic N) is 2. The molecule has 7 rings (SSSR count). The van der Waals surface area contributed by atoms with E-state index in [1.807, 2.05) is 0 Å². The zero-order chi connectivity index (χ0) is 18.2. The molecule has 2 heterocycles. The minimum absolute atomic E-state index is 0. The molecule has 0 radical (unpaired) electrons. The minimum Gasteiger partial charge on any atom is -0.496 e. The van der Waals surface area contributed by atoms with Crippen molar-refractivity contribution in [3.63, 3.8) is 0 Å². The molecule has 4 aliphatic rings. The number of benzene rings is 1. The van der Waals surface area contributed by atoms with Gasteiger partial charge in [0.05, 0.1) is 18.5 Å². The maximum Gasteiger partial charge on any atom is 0.194 e. The van der Waals surface area contributed by atoms with E-state index in [0.717, 1.165) is 28.5 Å². The monoisotopic (exact) mass is 414 g/mol. The smallest absolute Gasteiger partial charge is 0.194 e. The Labute approximate surface area is 176 Å². The molecule has 148 valence electrons. The van der Waals surface area contributed by atoms with Gasteiger partial charge in [-0.1, -0.05) is 0 Å². The van der Waals surface area contributed by atoms with Crippen LogP contribution < -0.4 is 4.74 Å². The first-order valence-electron chi connectivity index (χ1n) is 10.3. The average Bonchev–Trinajstić information content (AvgIpc) is 3.21. The van der Waals surface area contributed by atoms with Gasteiger partial charge in [-0.05, 0) is 92.5 Å². The summed E-state index contributed by atoms with van der Waals surface area (Å²) < 4.78 is 7.76. The fraction of sp³-hybridized carbons (Fsp3) is 0.522. The maximum absolute atomic E-state index is 5.43. The van der Waals surface area contributed by atoms with Crippen LogP contribution in [0.4, 0.5) is 0 Å². The zero-order valence-electron chi connectivity index (χ0n) is 16.5. The standard InChI is InChI=1S/C23H26N2OS.ClH/c1-14-5-18(3-4-20(14)26-2)19-13-27-22-24-21(12-25(19)22)23-9-15-6-16(10-23)8-17(7-15)11-23;/h3-5,12-13,15-17H,6-11H2,1-2H3;1H. The van der Waals surface area contributed by atoms with Crippen LogP contribution in [-0.4, -0.2) is 16.5 Å². The number of fused-ring (bicyclic) bond motifs is 1. The fourth-order valence-electron chi connectivity index (χ4n) is 6.71. The number of hydrogen-bond donors (Lipinski definition) is 0. The molecule has 0 atom stereocenters. The van der Waals surface area contributed by atoms with E-state index in [2.05, 4.69) is 41.1 Å². The van der Waals surface area contributed by atoms with E-state index < -0.39 is 0 Å². The number of halogens is 1. The summed E-state index contributed by atoms with van der Waals surface area (Å²) >= 11 is 1.77. The number of ether oxygens (including phenoxy) is 1. The minimum atomic E-state index is 0. The molecule has 0 saturated heterocycles. The quantitative estimate of drug-likeness (QED) is 0.504. The zero-order valence-corrected chi connectivity index (χ0v) is 18.1. The van der Waals surface area contributed by atoms with Gasteiger partial charge in [-0.15, -0.1) is 23.7 Å². The highest BCUT2D eigenvalue weighted by molar-refractivity contribution is 7.15. The second-order valence-electron chi connectivity index (χ2n) is 9.28. The van der Waals surface area contributed by atoms with Gasteiger partial charge in [0, 0.05) is 17.0 Å². The van der Waals surface area contributed by atoms with Crippen LogP contribution in [0.25, 0.3) is 16.2 Å². The van der Waals surface area contributed by atoms with Gasteiger partial charge in [-0.2, -0.15) is 0 Å². The first kappa shape index (κ1) is 18.5. The molecular weight excluding hydrogens is 388 g/mol. The van der Waals surface area contributed by atoms with Crippen LogP contribution >= 0.6 is 23.7 Å². The summed E-state index contributed by atoms with van der Waals surface area (Å²) in [5.74, 6) is 3.82. The molecule has 4 saturated carbocycles. The summed E-state index contributed by atoms with van der Waals surface area (Å²) in [6, 6.07) is 6.47. The fourth-order valence-corrected chi connectivity index (χ4v) is 7.59. The Balaban J connectivity index is 0.00000171. The Morgan fingerprint density at radius 1 is 1.11 bits per heavy atom. The molecule has 3 aromatic rings. The lowest BCUT2D eigenvalue weighted by molar-refractivity contribution is -0.00696. The molecule has 1 aromatic carbocycles. The van der Waals surface area contributed by atoms with Crippen molar-refractivity contribution in [3.8, 4) is 17.0 Å². The highest BCUT2D eigenvalue weighted by Crippen LogP contribution is 2.60. The van der Waals surface area contributed by atoms with Crippen molar-refractivity contribution in [3.05, 3.63) is 41.0 Å². The van der Waals surface area contributed by atoms with Crippen molar-refractivity contribution >= 4 is 28.7 Å². The number of aryl methyl sites for hydroxylation is 1. The highest BCUT2D eigenvalue weighted by atomic mass is 35.5. The second kappa shape index (κ2) is 6.50. The predicted molar refractivity (Wildman–Crippen MR) is 117 cm³/mol. The summed E-state index contributed by atoms with van der Waals surface area (Å²) in [6.07, 6.45) is 10.9. The maximum atomic E-state index is 5.43. The number of imidazole rings is 1. The largest absolute Gasteiger partial charge is 0.496 e. The van der Waals surface area contributed by atoms with Gasteiger partial charge in [-0.3, -0.25) is 4.40 Å². The molecular formula is C23H27ClN2OS. The van der Waals surface area contributed by atoms with Gasteiger partial charge >= 0.3 is 0 Å². The molecule has 2 aromatic heterocycles. The molecule has 0 spiro atoms. The summed E-state index contributed by atoms with van der Waals surface area (Å²) in [5, 5.41) is 2.24. The van der Waals surface area contributed by atoms with Gasteiger partial charge in [0.25, 0.3) is 0 Å². The Morgan fingerprint density at radius 2 is 1.79 bits per heavy atom. The van der Waals surface area contributed by atoms with E-state index in [-0.39, 0.29) is 12.4 Å². The predicted octanol–water partition coefficient (Wildman–Crippen LogP) is 6.27. The Hall–Kier alpha value is -1.52. The lowest BCUT2D eigenvalue weighted by Crippen LogP contribution is -2.48. The summed E-state index contributed by atoms with van der Waals surface area (Å²) in [4.78, 5) is 6.30. The first-order valence-corrected chi connectivity index (χ1v) is 11.1. The normalized spacial score (nSPS) is 30.6. The summed E-state index contributed by atoms with van der Waals surface area (Å²) in [6.45, 7) is 2.11. The van der Waals surface area contributed by atoms with Crippen molar-refractivity contribution in [1.82, 2.24) is 9.38 Å². The molecule has 4 bridgehead atoms. The van der Waals surface area contributed by atoms with Crippen molar-refractivity contribution in [2.45, 2.75) is 50.9 Å². The average molecular weight is 415 g/mol. The van der Waals surface area contributed by atoms with E-state index in [1.165, 1.54) is 61.0 Å². The van der Waals surface area contributed by atoms with Crippen molar-refractivity contribution in [1.29, 1.82) is 0 Å². The van der Waals surface area contributed by atoms with Gasteiger partial charge in [-0.25, -0.2) is 4.98 Å². The number of hydrogen-bond acceptors (Lipinski definition) is 3. The van der Waals surface area contributed by atoms with Crippen molar-refractivity contribution < 1.29 is 4.74 Å². The molecule has 3 nitrogen and oxygen atoms in total. The Morgan fingerprint density at radius 3 is 2.39 bits per heavy atom. The van der Waals surface area contributed by atoms with E-state index >= 15 is 0 Å². The number of thiazole rings is 1. The van der Waals surface area contributed by atoms with E-state index in [4.69, 9.17) is 9.72 Å². The number of aromatic nitrogens is 2. The van der Waals surface area contributed by atoms with E-state index in [0.29, 0.717) is 5.41 Å². The Bertz CT molecular complexity index is 1000. The lowest BCUT2D eigenvalue weighted by Gasteiger charge is -2.56. The van der Waals surface area contributed by atoms with Gasteiger partial charge in [0.2, 0.25) is 0 Å². The molecule has 4 aliphatic carbocycles. The third-order valence-electron chi connectivity index (χ3n) is 7.48. The molecule has 0 aliphatic heterocycles. The number of methoxy groups -OCH3 is 1. The van der Waals surface area contributed by atoms with Gasteiger partial charge in [0.1, 0.15) is 5.75 Å². The van der Waals surface area contributed by atoms with Crippen molar-refractivity contribution in [2.75, 3.05) is 7.11 Å². The second-order valence-corrected chi connectivity index (χ2v) is 10.1. The first-order chi connectivity index (χ1) is 13.1. The summed E-state index contributed by atoms with van der Waals surface area (Å²) in [5.41, 5.74) is 5.42. The topological polar surface area (TPSA) is 26.5 Å². The van der Waals surface area contributed by atoms with Crippen LogP contribution in [0.5, 0.6) is 5.75 Å². The summed E-state index contributed by atoms with van der Waals surface area (Å²) in [7, 11) is 1.73. The van der Waals surface area contributed by atoms with Crippen LogP contribution in [-0.2, 0) is 5.41 Å². The molecule has 0 N–H and O–H groups in total. The van der Waals surface area contributed by atoms with E-state index in [9.17, 15) is 0 Å². The molecule has 4 fully saturated rings. The third-order valence-corrected chi connectivity index (χ3v) is 8.32. The van der Waals surface area contributed by atoms with Crippen LogP contribution in [0.2, 0.25) is 0 Å². The molecule has 0 amide bonds. The number of rotatable bonds is 3. The Kier molecular flexibility index (Phi) is 4.29. The third kappa shape index (κ3) is 2.64. The van der Waals surface area contributed by atoms with Crippen LogP contribution in [0, 0.1) is 24.7 Å². The van der Waals surface area contributed by atoms with Gasteiger partial charge in [0.15, 0.2) is 4.96 Å². The lowest BCUT2D eigenvalue weighted by atomic mass is 9.49. The molecule has 0 unspecified atom stereocenters. The molecule has 5 heteroatoms. The SMILES string of the molecule is COc1ccc(-c2csc3nc(C45CC6CC(CC(C6)C4)C5)cn23)cc1C.Cl. The highest BCUT2D eigenvalue weighted by Gasteiger charge is 2.52. The molecule has 28 heavy (non-hydrogen) atoms. The van der Waals surface area contributed by atoms with Crippen molar-refractivity contribution in [2.24, 2.45) is 17.8 Å². The van der Waals surface area contributed by atoms with E-state index in [1.54, 1.807) is 18.4 Å². The van der Waals surface area contributed by atoms with Crippen LogP contribution in [0.3, 0.4) is 0 Å².